The monoisotopic (exact) mass is 315 g/mol. The highest BCUT2D eigenvalue weighted by Gasteiger charge is 2.42. The Morgan fingerprint density at radius 2 is 1.64 bits per heavy atom. The van der Waals surface area contributed by atoms with Crippen molar-refractivity contribution in [3.63, 3.8) is 0 Å². The largest absolute Gasteiger partial charge is 0.384 e. The number of benzene rings is 2. The van der Waals surface area contributed by atoms with Gasteiger partial charge in [-0.1, -0.05) is 30.3 Å². The normalized spacial score (nSPS) is 16.2. The second kappa shape index (κ2) is 5.76. The highest BCUT2D eigenvalue weighted by molar-refractivity contribution is 7.90. The Labute approximate surface area is 132 Å². The van der Waals surface area contributed by atoms with Crippen LogP contribution in [0.5, 0.6) is 0 Å². The van der Waals surface area contributed by atoms with Crippen LogP contribution in [0.3, 0.4) is 0 Å². The van der Waals surface area contributed by atoms with Gasteiger partial charge in [0, 0.05) is 18.5 Å². The summed E-state index contributed by atoms with van der Waals surface area (Å²) in [5.41, 5.74) is 2.72. The van der Waals surface area contributed by atoms with Gasteiger partial charge in [0.1, 0.15) is 0 Å². The molecule has 0 unspecified atom stereocenters. The van der Waals surface area contributed by atoms with Gasteiger partial charge in [-0.2, -0.15) is 0 Å². The molecule has 1 aliphatic rings. The molecule has 2 aromatic rings. The molecule has 0 amide bonds. The molecule has 1 N–H and O–H groups in total. The van der Waals surface area contributed by atoms with Crippen LogP contribution >= 0.6 is 0 Å². The molecule has 3 rings (SSSR count). The second-order valence-corrected chi connectivity index (χ2v) is 8.33. The van der Waals surface area contributed by atoms with Gasteiger partial charge in [-0.25, -0.2) is 8.42 Å². The molecular weight excluding hydrogens is 294 g/mol. The van der Waals surface area contributed by atoms with Gasteiger partial charge in [-0.05, 0) is 54.5 Å². The molecule has 0 bridgehead atoms. The lowest BCUT2D eigenvalue weighted by molar-refractivity contribution is 0.538. The summed E-state index contributed by atoms with van der Waals surface area (Å²) in [6.45, 7) is 0.931. The maximum absolute atomic E-state index is 11.5. The summed E-state index contributed by atoms with van der Waals surface area (Å²) >= 11 is 0. The summed E-state index contributed by atoms with van der Waals surface area (Å²) in [4.78, 5) is 0.364. The van der Waals surface area contributed by atoms with Crippen LogP contribution in [-0.2, 0) is 16.3 Å². The molecule has 0 radical (unpaired) electrons. The quantitative estimate of drug-likeness (QED) is 0.887. The van der Waals surface area contributed by atoms with E-state index in [2.05, 4.69) is 29.6 Å². The van der Waals surface area contributed by atoms with E-state index in [1.807, 2.05) is 18.2 Å². The molecule has 0 aromatic heterocycles. The van der Waals surface area contributed by atoms with Crippen LogP contribution in [0.1, 0.15) is 18.4 Å². The Bertz CT molecular complexity index is 732. The van der Waals surface area contributed by atoms with Gasteiger partial charge in [0.15, 0.2) is 9.84 Å². The lowest BCUT2D eigenvalue weighted by Crippen LogP contribution is -2.18. The van der Waals surface area contributed by atoms with Crippen LogP contribution in [0.15, 0.2) is 59.5 Å². The van der Waals surface area contributed by atoms with Crippen molar-refractivity contribution >= 4 is 15.5 Å². The zero-order valence-electron chi connectivity index (χ0n) is 12.7. The first kappa shape index (κ1) is 15.1. The Balaban J connectivity index is 1.60. The van der Waals surface area contributed by atoms with Gasteiger partial charge in [0.25, 0.3) is 0 Å². The molecule has 1 fully saturated rings. The lowest BCUT2D eigenvalue weighted by Gasteiger charge is -2.17. The fraction of sp³-hybridized carbons (Fsp3) is 0.333. The molecule has 1 saturated carbocycles. The molecule has 0 heterocycles. The number of anilines is 1. The first-order valence-corrected chi connectivity index (χ1v) is 9.44. The molecule has 3 nitrogen and oxygen atoms in total. The Hall–Kier alpha value is -1.81. The first-order valence-electron chi connectivity index (χ1n) is 7.55. The Kier molecular flexibility index (Phi) is 3.96. The van der Waals surface area contributed by atoms with E-state index in [1.165, 1.54) is 24.7 Å². The average Bonchev–Trinajstić information content (AvgIpc) is 3.26. The van der Waals surface area contributed by atoms with Gasteiger partial charge < -0.3 is 5.32 Å². The van der Waals surface area contributed by atoms with Gasteiger partial charge >= 0.3 is 0 Å². The Morgan fingerprint density at radius 3 is 2.18 bits per heavy atom. The van der Waals surface area contributed by atoms with Gasteiger partial charge in [0.05, 0.1) is 4.90 Å². The van der Waals surface area contributed by atoms with E-state index in [9.17, 15) is 8.42 Å². The molecule has 0 spiro atoms. The highest BCUT2D eigenvalue weighted by Crippen LogP contribution is 2.48. The van der Waals surface area contributed by atoms with E-state index in [0.29, 0.717) is 10.3 Å². The smallest absolute Gasteiger partial charge is 0.175 e. The Morgan fingerprint density at radius 1 is 1.00 bits per heavy atom. The maximum Gasteiger partial charge on any atom is 0.175 e. The van der Waals surface area contributed by atoms with Crippen molar-refractivity contribution in [1.82, 2.24) is 0 Å². The van der Waals surface area contributed by atoms with Crippen molar-refractivity contribution < 1.29 is 8.42 Å². The molecular formula is C18H21NO2S. The third-order valence-electron chi connectivity index (χ3n) is 4.33. The van der Waals surface area contributed by atoms with E-state index in [-0.39, 0.29) is 0 Å². The van der Waals surface area contributed by atoms with Crippen molar-refractivity contribution in [2.24, 2.45) is 5.41 Å². The van der Waals surface area contributed by atoms with Crippen molar-refractivity contribution in [1.29, 1.82) is 0 Å². The minimum absolute atomic E-state index is 0.358. The lowest BCUT2D eigenvalue weighted by atomic mass is 9.96. The van der Waals surface area contributed by atoms with E-state index in [0.717, 1.165) is 18.7 Å². The molecule has 0 atom stereocenters. The van der Waals surface area contributed by atoms with Crippen molar-refractivity contribution in [2.45, 2.75) is 24.2 Å². The molecule has 0 aliphatic heterocycles. The van der Waals surface area contributed by atoms with Crippen LogP contribution in [0.2, 0.25) is 0 Å². The summed E-state index contributed by atoms with van der Waals surface area (Å²) in [5, 5.41) is 3.45. The summed E-state index contributed by atoms with van der Waals surface area (Å²) in [7, 11) is -3.12. The van der Waals surface area contributed by atoms with Crippen LogP contribution < -0.4 is 5.32 Å². The van der Waals surface area contributed by atoms with Gasteiger partial charge in [-0.3, -0.25) is 0 Å². The molecule has 1 aliphatic carbocycles. The van der Waals surface area contributed by atoms with Gasteiger partial charge in [-0.15, -0.1) is 0 Å². The van der Waals surface area contributed by atoms with Crippen molar-refractivity contribution in [3.8, 4) is 0 Å². The number of hydrogen-bond donors (Lipinski definition) is 1. The SMILES string of the molecule is CS(=O)(=O)c1ccc(NCC2(Cc3ccccc3)CC2)cc1. The molecule has 0 saturated heterocycles. The number of nitrogens with one attached hydrogen (secondary N) is 1. The third kappa shape index (κ3) is 3.69. The zero-order valence-corrected chi connectivity index (χ0v) is 13.6. The molecule has 4 heteroatoms. The maximum atomic E-state index is 11.5. The predicted octanol–water partition coefficient (Wildman–Crippen LogP) is 3.52. The molecule has 2 aromatic carbocycles. The average molecular weight is 315 g/mol. The fourth-order valence-corrected chi connectivity index (χ4v) is 3.36. The zero-order chi connectivity index (χ0) is 15.6. The number of rotatable bonds is 6. The summed E-state index contributed by atoms with van der Waals surface area (Å²) in [5.74, 6) is 0. The van der Waals surface area contributed by atoms with Crippen LogP contribution in [0.25, 0.3) is 0 Å². The highest BCUT2D eigenvalue weighted by atomic mass is 32.2. The van der Waals surface area contributed by atoms with E-state index in [4.69, 9.17) is 0 Å². The van der Waals surface area contributed by atoms with Crippen LogP contribution in [-0.4, -0.2) is 21.2 Å². The predicted molar refractivity (Wildman–Crippen MR) is 89.9 cm³/mol. The first-order chi connectivity index (χ1) is 10.5. The summed E-state index contributed by atoms with van der Waals surface area (Å²) in [6.07, 6.45) is 4.82. The van der Waals surface area contributed by atoms with Crippen LogP contribution in [0, 0.1) is 5.41 Å². The van der Waals surface area contributed by atoms with E-state index < -0.39 is 9.84 Å². The number of sulfone groups is 1. The third-order valence-corrected chi connectivity index (χ3v) is 5.46. The summed E-state index contributed by atoms with van der Waals surface area (Å²) in [6, 6.07) is 17.6. The minimum Gasteiger partial charge on any atom is -0.384 e. The topological polar surface area (TPSA) is 46.2 Å². The second-order valence-electron chi connectivity index (χ2n) is 6.31. The molecule has 116 valence electrons. The van der Waals surface area contributed by atoms with E-state index in [1.54, 1.807) is 12.1 Å². The van der Waals surface area contributed by atoms with E-state index >= 15 is 0 Å². The fourth-order valence-electron chi connectivity index (χ4n) is 2.73. The standard InChI is InChI=1S/C18H21NO2S/c1-22(20,21)17-9-7-16(8-10-17)19-14-18(11-12-18)13-15-5-3-2-4-6-15/h2-10,19H,11-14H2,1H3. The van der Waals surface area contributed by atoms with Crippen molar-refractivity contribution in [2.75, 3.05) is 18.1 Å². The minimum atomic E-state index is -3.12. The summed E-state index contributed by atoms with van der Waals surface area (Å²) < 4.78 is 22.9. The number of hydrogen-bond acceptors (Lipinski definition) is 3. The molecule has 22 heavy (non-hydrogen) atoms. The van der Waals surface area contributed by atoms with Crippen LogP contribution in [0.4, 0.5) is 5.69 Å². The van der Waals surface area contributed by atoms with Gasteiger partial charge in [0.2, 0.25) is 0 Å². The van der Waals surface area contributed by atoms with Crippen molar-refractivity contribution in [3.05, 3.63) is 60.2 Å².